The van der Waals surface area contributed by atoms with Crippen LogP contribution in [-0.2, 0) is 0 Å². The monoisotopic (exact) mass is 782 g/mol. The van der Waals surface area contributed by atoms with Crippen molar-refractivity contribution in [1.82, 2.24) is 29.9 Å². The van der Waals surface area contributed by atoms with Crippen LogP contribution in [0.4, 0.5) is 0 Å². The van der Waals surface area contributed by atoms with E-state index < -0.39 is 0 Å². The minimum absolute atomic E-state index is 0.541. The first-order valence-electron chi connectivity index (χ1n) is 20.1. The molecule has 3 aromatic heterocycles. The fourth-order valence-electron chi connectivity index (χ4n) is 7.78. The molecule has 61 heavy (non-hydrogen) atoms. The molecule has 0 N–H and O–H groups in total. The third-order valence-electron chi connectivity index (χ3n) is 10.8. The Morgan fingerprint density at radius 1 is 0.246 bits per heavy atom. The van der Waals surface area contributed by atoms with E-state index in [-0.39, 0.29) is 0 Å². The highest BCUT2D eigenvalue weighted by molar-refractivity contribution is 6.12. The zero-order valence-corrected chi connectivity index (χ0v) is 32.7. The molecule has 11 aromatic rings. The average molecular weight is 783 g/mol. The minimum atomic E-state index is 0.541. The van der Waals surface area contributed by atoms with Crippen LogP contribution in [0.15, 0.2) is 211 Å². The Morgan fingerprint density at radius 2 is 0.623 bits per heavy atom. The third kappa shape index (κ3) is 7.00. The predicted octanol–water partition coefficient (Wildman–Crippen LogP) is 13.3. The first-order valence-corrected chi connectivity index (χ1v) is 20.1. The number of fused-ring (bicyclic) bond motifs is 3. The van der Waals surface area contributed by atoms with Crippen LogP contribution in [0, 0.1) is 0 Å². The number of rotatable bonds is 8. The second kappa shape index (κ2) is 15.4. The summed E-state index contributed by atoms with van der Waals surface area (Å²) < 4.78 is 6.52. The van der Waals surface area contributed by atoms with Gasteiger partial charge in [-0.15, -0.1) is 0 Å². The zero-order chi connectivity index (χ0) is 40.5. The smallest absolute Gasteiger partial charge is 0.164 e. The van der Waals surface area contributed by atoms with Crippen molar-refractivity contribution in [2.45, 2.75) is 0 Å². The Morgan fingerprint density at radius 3 is 1.11 bits per heavy atom. The van der Waals surface area contributed by atoms with E-state index in [0.29, 0.717) is 34.9 Å². The second-order valence-corrected chi connectivity index (χ2v) is 14.7. The first kappa shape index (κ1) is 35.7. The van der Waals surface area contributed by atoms with Gasteiger partial charge in [-0.1, -0.05) is 170 Å². The van der Waals surface area contributed by atoms with E-state index >= 15 is 0 Å². The molecule has 0 saturated carbocycles. The number of nitrogens with zero attached hydrogens (tertiary/aromatic N) is 6. The largest absolute Gasteiger partial charge is 0.456 e. The van der Waals surface area contributed by atoms with Crippen molar-refractivity contribution in [2.24, 2.45) is 0 Å². The van der Waals surface area contributed by atoms with Crippen LogP contribution in [0.3, 0.4) is 0 Å². The highest BCUT2D eigenvalue weighted by atomic mass is 16.3. The molecule has 8 aromatic carbocycles. The molecule has 0 spiro atoms. The van der Waals surface area contributed by atoms with E-state index in [1.807, 2.05) is 152 Å². The maximum absolute atomic E-state index is 6.52. The molecule has 0 unspecified atom stereocenters. The Hall–Kier alpha value is -8.42. The third-order valence-corrected chi connectivity index (χ3v) is 10.8. The average Bonchev–Trinajstić information content (AvgIpc) is 3.73. The summed E-state index contributed by atoms with van der Waals surface area (Å²) in [5.74, 6) is 3.43. The second-order valence-electron chi connectivity index (χ2n) is 14.7. The van der Waals surface area contributed by atoms with E-state index in [1.54, 1.807) is 0 Å². The van der Waals surface area contributed by atoms with Crippen molar-refractivity contribution in [2.75, 3.05) is 0 Å². The summed E-state index contributed by atoms with van der Waals surface area (Å²) in [7, 11) is 0. The Bertz CT molecular complexity index is 3350. The Balaban J connectivity index is 1.07. The molecule has 0 saturated heterocycles. The van der Waals surface area contributed by atoms with Gasteiger partial charge in [-0.3, -0.25) is 0 Å². The van der Waals surface area contributed by atoms with Gasteiger partial charge in [0.15, 0.2) is 34.9 Å². The SMILES string of the molecule is c1ccc(-c2cccc(-c3nc(-c4ccccc4)nc(-c4ccc5oc6cccc(-c7nc(-c8ccccc8)nc(-c8cccc(-c9ccccc9)c8)n7)c6c5c4)n3)c2)cc1. The van der Waals surface area contributed by atoms with Crippen LogP contribution in [0.2, 0.25) is 0 Å². The maximum Gasteiger partial charge on any atom is 0.164 e. The Labute approximate surface area is 351 Å². The lowest BCUT2D eigenvalue weighted by atomic mass is 10.0. The van der Waals surface area contributed by atoms with Crippen LogP contribution in [0.5, 0.6) is 0 Å². The van der Waals surface area contributed by atoms with Gasteiger partial charge in [0.25, 0.3) is 0 Å². The fraction of sp³-hybridized carbons (Fsp3) is 0. The number of furan rings is 1. The van der Waals surface area contributed by atoms with Gasteiger partial charge in [-0.2, -0.15) is 0 Å². The van der Waals surface area contributed by atoms with Crippen LogP contribution < -0.4 is 0 Å². The Kier molecular flexibility index (Phi) is 9.02. The van der Waals surface area contributed by atoms with Crippen LogP contribution >= 0.6 is 0 Å². The number of aromatic nitrogens is 6. The van der Waals surface area contributed by atoms with Crippen LogP contribution in [0.1, 0.15) is 0 Å². The lowest BCUT2D eigenvalue weighted by Crippen LogP contribution is -2.01. The lowest BCUT2D eigenvalue weighted by molar-refractivity contribution is 0.669. The maximum atomic E-state index is 6.52. The van der Waals surface area contributed by atoms with Gasteiger partial charge in [0.2, 0.25) is 0 Å². The molecule has 0 fully saturated rings. The normalized spacial score (nSPS) is 11.3. The number of benzene rings is 8. The summed E-state index contributed by atoms with van der Waals surface area (Å²) in [6.07, 6.45) is 0. The molecule has 7 heteroatoms. The molecule has 0 aliphatic carbocycles. The summed E-state index contributed by atoms with van der Waals surface area (Å²) in [4.78, 5) is 30.5. The molecule has 11 rings (SSSR count). The van der Waals surface area contributed by atoms with Gasteiger partial charge < -0.3 is 4.42 Å². The summed E-state index contributed by atoms with van der Waals surface area (Å²) in [5.41, 5.74) is 11.1. The molecular formula is C54H34N6O. The molecule has 3 heterocycles. The van der Waals surface area contributed by atoms with Gasteiger partial charge in [-0.05, 0) is 58.7 Å². The van der Waals surface area contributed by atoms with Crippen LogP contribution in [-0.4, -0.2) is 29.9 Å². The van der Waals surface area contributed by atoms with Gasteiger partial charge in [0.1, 0.15) is 11.2 Å². The van der Waals surface area contributed by atoms with E-state index in [4.69, 9.17) is 34.3 Å². The molecule has 0 amide bonds. The highest BCUT2D eigenvalue weighted by Gasteiger charge is 2.20. The molecule has 0 bridgehead atoms. The summed E-state index contributed by atoms with van der Waals surface area (Å²) in [6, 6.07) is 69.5. The molecule has 0 radical (unpaired) electrons. The minimum Gasteiger partial charge on any atom is -0.456 e. The topological polar surface area (TPSA) is 90.5 Å². The van der Waals surface area contributed by atoms with Gasteiger partial charge in [0, 0.05) is 44.2 Å². The van der Waals surface area contributed by atoms with E-state index in [0.717, 1.165) is 77.6 Å². The van der Waals surface area contributed by atoms with Crippen molar-refractivity contribution in [1.29, 1.82) is 0 Å². The van der Waals surface area contributed by atoms with Crippen molar-refractivity contribution >= 4 is 21.9 Å². The van der Waals surface area contributed by atoms with Gasteiger partial charge >= 0.3 is 0 Å². The number of hydrogen-bond acceptors (Lipinski definition) is 7. The van der Waals surface area contributed by atoms with Gasteiger partial charge in [0.05, 0.1) is 0 Å². The van der Waals surface area contributed by atoms with Crippen molar-refractivity contribution in [3.8, 4) is 90.6 Å². The summed E-state index contributed by atoms with van der Waals surface area (Å²) >= 11 is 0. The molecule has 7 nitrogen and oxygen atoms in total. The molecule has 0 atom stereocenters. The van der Waals surface area contributed by atoms with Crippen LogP contribution in [0.25, 0.3) is 113 Å². The van der Waals surface area contributed by atoms with E-state index in [9.17, 15) is 0 Å². The lowest BCUT2D eigenvalue weighted by Gasteiger charge is -2.11. The van der Waals surface area contributed by atoms with Gasteiger partial charge in [-0.25, -0.2) is 29.9 Å². The molecule has 0 aliphatic heterocycles. The molecule has 0 aliphatic rings. The van der Waals surface area contributed by atoms with Crippen molar-refractivity contribution in [3.63, 3.8) is 0 Å². The highest BCUT2D eigenvalue weighted by Crippen LogP contribution is 2.39. The standard InChI is InChI=1S/C54H34N6O/c1-5-16-35(17-6-1)39-24-13-26-41(32-39)51-55-49(37-20-9-3-10-21-37)56-53(58-51)43-30-31-46-45(34-43)48-44(28-15-29-47(48)61-46)54-59-50(38-22-11-4-12-23-38)57-52(60-54)42-27-14-25-40(33-42)36-18-7-2-8-19-36/h1-34H. The van der Waals surface area contributed by atoms with E-state index in [1.165, 1.54) is 0 Å². The molecule has 286 valence electrons. The van der Waals surface area contributed by atoms with E-state index in [2.05, 4.69) is 54.6 Å². The number of hydrogen-bond donors (Lipinski definition) is 0. The zero-order valence-electron chi connectivity index (χ0n) is 32.7. The van der Waals surface area contributed by atoms with Crippen molar-refractivity contribution in [3.05, 3.63) is 206 Å². The summed E-state index contributed by atoms with van der Waals surface area (Å²) in [6.45, 7) is 0. The summed E-state index contributed by atoms with van der Waals surface area (Å²) in [5, 5.41) is 1.79. The first-order chi connectivity index (χ1) is 30.2. The predicted molar refractivity (Wildman–Crippen MR) is 244 cm³/mol. The van der Waals surface area contributed by atoms with Crippen molar-refractivity contribution < 1.29 is 4.42 Å². The quantitative estimate of drug-likeness (QED) is 0.152. The fourth-order valence-corrected chi connectivity index (χ4v) is 7.78. The molecular weight excluding hydrogens is 749 g/mol.